The number of nitrogens with zero attached hydrogens (tertiary/aromatic N) is 5. The maximum atomic E-state index is 13.2. The van der Waals surface area contributed by atoms with E-state index in [1.54, 1.807) is 18.7 Å². The molecule has 6 rings (SSSR count). The van der Waals surface area contributed by atoms with Crippen molar-refractivity contribution in [2.75, 3.05) is 33.4 Å². The molecule has 0 amide bonds. The average molecular weight is 502 g/mol. The standard InChI is InChI=1S/C29H35N5O3/c1-32-28-27(34(29(32)35)22-18-24(19-22)36-2)25-17-21(9-12-26(25)30-31-28)20-7-10-23(11-8-20)37-16-6-15-33-13-4-3-5-14-33/h7-12,17,22,24H,3-6,13-16,18-19H2,1-2H3/t22-,24-. The Balaban J connectivity index is 1.23. The molecule has 2 aromatic carbocycles. The van der Waals surface area contributed by atoms with Gasteiger partial charge in [0.25, 0.3) is 0 Å². The van der Waals surface area contributed by atoms with Crippen LogP contribution < -0.4 is 10.4 Å². The number of benzene rings is 2. The lowest BCUT2D eigenvalue weighted by Gasteiger charge is -2.34. The number of piperidine rings is 1. The van der Waals surface area contributed by atoms with Gasteiger partial charge < -0.3 is 14.4 Å². The summed E-state index contributed by atoms with van der Waals surface area (Å²) < 4.78 is 15.0. The van der Waals surface area contributed by atoms with Gasteiger partial charge in [0.05, 0.1) is 18.2 Å². The van der Waals surface area contributed by atoms with E-state index in [0.29, 0.717) is 5.65 Å². The average Bonchev–Trinajstić information content (AvgIpc) is 3.17. The van der Waals surface area contributed by atoms with Gasteiger partial charge >= 0.3 is 5.69 Å². The minimum Gasteiger partial charge on any atom is -0.494 e. The molecule has 0 N–H and O–H groups in total. The number of ether oxygens (including phenoxy) is 2. The predicted octanol–water partition coefficient (Wildman–Crippen LogP) is 4.55. The number of likely N-dealkylation sites (tertiary alicyclic amines) is 1. The summed E-state index contributed by atoms with van der Waals surface area (Å²) in [5.41, 5.74) is 4.37. The lowest BCUT2D eigenvalue weighted by molar-refractivity contribution is 0.00635. The van der Waals surface area contributed by atoms with Gasteiger partial charge in [-0.1, -0.05) is 24.6 Å². The summed E-state index contributed by atoms with van der Waals surface area (Å²) in [7, 11) is 3.50. The molecule has 3 heterocycles. The van der Waals surface area contributed by atoms with Gasteiger partial charge in [-0.25, -0.2) is 4.79 Å². The summed E-state index contributed by atoms with van der Waals surface area (Å²) in [5, 5.41) is 9.75. The highest BCUT2D eigenvalue weighted by Crippen LogP contribution is 2.37. The Labute approximate surface area is 216 Å². The fourth-order valence-electron chi connectivity index (χ4n) is 5.76. The normalized spacial score (nSPS) is 20.4. The molecule has 8 heteroatoms. The molecule has 2 aromatic heterocycles. The molecule has 1 saturated carbocycles. The van der Waals surface area contributed by atoms with Crippen molar-refractivity contribution in [2.45, 2.75) is 50.7 Å². The maximum Gasteiger partial charge on any atom is 0.330 e. The van der Waals surface area contributed by atoms with E-state index < -0.39 is 0 Å². The molecule has 194 valence electrons. The molecule has 0 radical (unpaired) electrons. The van der Waals surface area contributed by atoms with E-state index in [1.165, 1.54) is 32.4 Å². The second kappa shape index (κ2) is 10.3. The van der Waals surface area contributed by atoms with E-state index in [2.05, 4.69) is 39.4 Å². The summed E-state index contributed by atoms with van der Waals surface area (Å²) in [6.07, 6.45) is 6.94. The number of hydrogen-bond acceptors (Lipinski definition) is 6. The second-order valence-corrected chi connectivity index (χ2v) is 10.4. The lowest BCUT2D eigenvalue weighted by atomic mass is 9.89. The lowest BCUT2D eigenvalue weighted by Crippen LogP contribution is -2.37. The number of rotatable bonds is 8. The van der Waals surface area contributed by atoms with Crippen molar-refractivity contribution < 1.29 is 9.47 Å². The van der Waals surface area contributed by atoms with Gasteiger partial charge in [0.15, 0.2) is 5.65 Å². The van der Waals surface area contributed by atoms with Crippen LogP contribution >= 0.6 is 0 Å². The highest BCUT2D eigenvalue weighted by Gasteiger charge is 2.34. The van der Waals surface area contributed by atoms with Crippen LogP contribution in [0.3, 0.4) is 0 Å². The van der Waals surface area contributed by atoms with Crippen LogP contribution in [-0.2, 0) is 11.8 Å². The first-order valence-electron chi connectivity index (χ1n) is 13.5. The summed E-state index contributed by atoms with van der Waals surface area (Å²) in [6, 6.07) is 14.6. The van der Waals surface area contributed by atoms with Gasteiger partial charge in [-0.2, -0.15) is 0 Å². The van der Waals surface area contributed by atoms with Crippen molar-refractivity contribution in [1.29, 1.82) is 0 Å². The molecular formula is C29H35N5O3. The first kappa shape index (κ1) is 24.1. The van der Waals surface area contributed by atoms with Crippen LogP contribution in [0, 0.1) is 0 Å². The summed E-state index contributed by atoms with van der Waals surface area (Å²) in [4.78, 5) is 15.7. The quantitative estimate of drug-likeness (QED) is 0.330. The minimum atomic E-state index is -0.0523. The minimum absolute atomic E-state index is 0.0523. The smallest absolute Gasteiger partial charge is 0.330 e. The summed E-state index contributed by atoms with van der Waals surface area (Å²) in [5.74, 6) is 0.894. The molecule has 2 aliphatic rings. The van der Waals surface area contributed by atoms with Crippen molar-refractivity contribution >= 4 is 22.1 Å². The van der Waals surface area contributed by atoms with Crippen molar-refractivity contribution in [3.8, 4) is 16.9 Å². The third-order valence-electron chi connectivity index (χ3n) is 8.06. The highest BCUT2D eigenvalue weighted by atomic mass is 16.5. The Morgan fingerprint density at radius 3 is 2.49 bits per heavy atom. The van der Waals surface area contributed by atoms with Crippen LogP contribution in [0.2, 0.25) is 0 Å². The van der Waals surface area contributed by atoms with Gasteiger partial charge in [0.2, 0.25) is 0 Å². The van der Waals surface area contributed by atoms with Crippen LogP contribution in [-0.4, -0.2) is 63.7 Å². The number of fused-ring (bicyclic) bond motifs is 3. The zero-order chi connectivity index (χ0) is 25.4. The number of imidazole rings is 1. The number of hydrogen-bond donors (Lipinski definition) is 0. The Kier molecular flexibility index (Phi) is 6.69. The molecule has 0 bridgehead atoms. The molecule has 0 spiro atoms. The van der Waals surface area contributed by atoms with Crippen molar-refractivity contribution in [1.82, 2.24) is 24.2 Å². The zero-order valence-corrected chi connectivity index (χ0v) is 21.7. The van der Waals surface area contributed by atoms with Crippen LogP contribution in [0.4, 0.5) is 0 Å². The Hall–Kier alpha value is -3.23. The van der Waals surface area contributed by atoms with Crippen molar-refractivity contribution in [3.05, 3.63) is 52.9 Å². The summed E-state index contributed by atoms with van der Waals surface area (Å²) >= 11 is 0. The molecule has 0 atom stereocenters. The van der Waals surface area contributed by atoms with Crippen LogP contribution in [0.25, 0.3) is 33.2 Å². The fraction of sp³-hybridized carbons (Fsp3) is 0.483. The van der Waals surface area contributed by atoms with Gasteiger partial charge in [-0.15, -0.1) is 10.2 Å². The molecule has 8 nitrogen and oxygen atoms in total. The van der Waals surface area contributed by atoms with Gasteiger partial charge in [0.1, 0.15) is 11.3 Å². The van der Waals surface area contributed by atoms with Crippen molar-refractivity contribution in [2.24, 2.45) is 7.05 Å². The van der Waals surface area contributed by atoms with E-state index in [1.807, 2.05) is 22.8 Å². The molecule has 2 fully saturated rings. The molecule has 1 saturated heterocycles. The topological polar surface area (TPSA) is 74.4 Å². The first-order chi connectivity index (χ1) is 18.1. The molecule has 1 aliphatic carbocycles. The fourth-order valence-corrected chi connectivity index (χ4v) is 5.76. The summed E-state index contributed by atoms with van der Waals surface area (Å²) in [6.45, 7) is 4.31. The monoisotopic (exact) mass is 501 g/mol. The number of aryl methyl sites for hydroxylation is 1. The van der Waals surface area contributed by atoms with Gasteiger partial charge in [0, 0.05) is 32.1 Å². The Morgan fingerprint density at radius 1 is 0.973 bits per heavy atom. The molecule has 4 aromatic rings. The number of methoxy groups -OCH3 is 1. The van der Waals surface area contributed by atoms with E-state index in [0.717, 1.165) is 65.7 Å². The molecule has 1 aliphatic heterocycles. The van der Waals surface area contributed by atoms with E-state index in [4.69, 9.17) is 9.47 Å². The molecular weight excluding hydrogens is 466 g/mol. The van der Waals surface area contributed by atoms with Gasteiger partial charge in [-0.3, -0.25) is 9.13 Å². The maximum absolute atomic E-state index is 13.2. The van der Waals surface area contributed by atoms with Gasteiger partial charge in [-0.05, 0) is 80.6 Å². The third-order valence-corrected chi connectivity index (χ3v) is 8.06. The molecule has 0 unspecified atom stereocenters. The van der Waals surface area contributed by atoms with Crippen LogP contribution in [0.15, 0.2) is 47.3 Å². The second-order valence-electron chi connectivity index (χ2n) is 10.4. The van der Waals surface area contributed by atoms with E-state index in [-0.39, 0.29) is 17.8 Å². The Morgan fingerprint density at radius 2 is 1.73 bits per heavy atom. The highest BCUT2D eigenvalue weighted by molar-refractivity contribution is 6.02. The number of aromatic nitrogens is 4. The first-order valence-corrected chi connectivity index (χ1v) is 13.5. The predicted molar refractivity (Wildman–Crippen MR) is 145 cm³/mol. The van der Waals surface area contributed by atoms with Crippen molar-refractivity contribution in [3.63, 3.8) is 0 Å². The largest absolute Gasteiger partial charge is 0.494 e. The van der Waals surface area contributed by atoms with E-state index >= 15 is 0 Å². The molecule has 37 heavy (non-hydrogen) atoms. The van der Waals surface area contributed by atoms with E-state index in [9.17, 15) is 4.79 Å². The van der Waals surface area contributed by atoms with Crippen LogP contribution in [0.1, 0.15) is 44.6 Å². The third kappa shape index (κ3) is 4.64. The van der Waals surface area contributed by atoms with Crippen LogP contribution in [0.5, 0.6) is 5.75 Å². The Bertz CT molecular complexity index is 1450. The zero-order valence-electron chi connectivity index (χ0n) is 21.7. The SMILES string of the molecule is CO[C@H]1C[C@H](n2c(=O)n(C)c3nnc4ccc(-c5ccc(OCCCN6CCCCC6)cc5)cc4c32)C1.